The summed E-state index contributed by atoms with van der Waals surface area (Å²) in [7, 11) is 0. The van der Waals surface area contributed by atoms with Gasteiger partial charge in [-0.05, 0) is 55.8 Å². The van der Waals surface area contributed by atoms with Crippen molar-refractivity contribution in [1.29, 1.82) is 0 Å². The second-order valence-corrected chi connectivity index (χ2v) is 8.53. The highest BCUT2D eigenvalue weighted by molar-refractivity contribution is 6.32. The highest BCUT2D eigenvalue weighted by Crippen LogP contribution is 2.31. The lowest BCUT2D eigenvalue weighted by Crippen LogP contribution is -2.54. The summed E-state index contributed by atoms with van der Waals surface area (Å²) in [6.07, 6.45) is -3.04. The number of carbonyl (C=O) groups excluding carboxylic acids is 1. The molecular formula is C24H22ClF3N4O2. The van der Waals surface area contributed by atoms with Gasteiger partial charge in [0.05, 0.1) is 10.6 Å². The molecule has 1 unspecified atom stereocenters. The van der Waals surface area contributed by atoms with Crippen LogP contribution in [0.3, 0.4) is 0 Å². The summed E-state index contributed by atoms with van der Waals surface area (Å²) >= 11 is 6.21. The Morgan fingerprint density at radius 2 is 1.82 bits per heavy atom. The lowest BCUT2D eigenvalue weighted by atomic mass is 10.1. The van der Waals surface area contributed by atoms with Gasteiger partial charge in [0.25, 0.3) is 5.91 Å². The van der Waals surface area contributed by atoms with Gasteiger partial charge in [-0.1, -0.05) is 17.7 Å². The Labute approximate surface area is 199 Å². The van der Waals surface area contributed by atoms with Crippen molar-refractivity contribution in [2.45, 2.75) is 26.1 Å². The Balaban J connectivity index is 1.44. The first kappa shape index (κ1) is 23.8. The third-order valence-electron chi connectivity index (χ3n) is 5.60. The van der Waals surface area contributed by atoms with E-state index < -0.39 is 11.7 Å². The number of hydrogen-bond acceptors (Lipinski definition) is 5. The fraction of sp³-hybridized carbons (Fsp3) is 0.292. The number of piperazine rings is 1. The van der Waals surface area contributed by atoms with Crippen molar-refractivity contribution < 1.29 is 22.7 Å². The quantitative estimate of drug-likeness (QED) is 0.476. The highest BCUT2D eigenvalue weighted by atomic mass is 35.5. The molecule has 0 radical (unpaired) electrons. The molecule has 1 amide bonds. The van der Waals surface area contributed by atoms with Crippen LogP contribution in [0.25, 0.3) is 0 Å². The molecule has 1 aromatic heterocycles. The van der Waals surface area contributed by atoms with Crippen molar-refractivity contribution in [3.8, 4) is 11.6 Å². The van der Waals surface area contributed by atoms with Gasteiger partial charge < -0.3 is 14.5 Å². The Hall–Kier alpha value is -3.33. The number of anilines is 1. The molecule has 10 heteroatoms. The molecule has 1 fully saturated rings. The lowest BCUT2D eigenvalue weighted by molar-refractivity contribution is -0.137. The van der Waals surface area contributed by atoms with Crippen LogP contribution >= 0.6 is 11.6 Å². The van der Waals surface area contributed by atoms with Crippen LogP contribution in [0.2, 0.25) is 5.02 Å². The van der Waals surface area contributed by atoms with Crippen LogP contribution < -0.4 is 9.64 Å². The topological polar surface area (TPSA) is 58.6 Å². The van der Waals surface area contributed by atoms with Gasteiger partial charge in [-0.3, -0.25) is 4.79 Å². The minimum Gasteiger partial charge on any atom is -0.437 e. The van der Waals surface area contributed by atoms with Crippen LogP contribution in [0.4, 0.5) is 19.0 Å². The third kappa shape index (κ3) is 5.25. The van der Waals surface area contributed by atoms with Gasteiger partial charge in [0.1, 0.15) is 17.9 Å². The maximum atomic E-state index is 12.9. The Morgan fingerprint density at radius 1 is 1.09 bits per heavy atom. The van der Waals surface area contributed by atoms with E-state index in [0.717, 1.165) is 17.7 Å². The second-order valence-electron chi connectivity index (χ2n) is 8.12. The summed E-state index contributed by atoms with van der Waals surface area (Å²) in [6.45, 7) is 5.21. The number of amides is 1. The summed E-state index contributed by atoms with van der Waals surface area (Å²) in [5.41, 5.74) is 0.438. The molecule has 1 atom stereocenters. The molecule has 0 bridgehead atoms. The first-order valence-corrected chi connectivity index (χ1v) is 11.0. The maximum Gasteiger partial charge on any atom is 0.416 e. The molecule has 2 heterocycles. The maximum absolute atomic E-state index is 12.9. The summed E-state index contributed by atoms with van der Waals surface area (Å²) in [4.78, 5) is 25.1. The SMILES string of the molecule is Cc1ccc(Cl)c(Oc2cc(N3CCN(C(=O)c4ccc(C(F)(F)F)cc4)C(C)C3)ncn2)c1. The van der Waals surface area contributed by atoms with Crippen molar-refractivity contribution >= 4 is 23.3 Å². The summed E-state index contributed by atoms with van der Waals surface area (Å²) in [6, 6.07) is 11.3. The molecular weight excluding hydrogens is 469 g/mol. The number of nitrogens with zero attached hydrogens (tertiary/aromatic N) is 4. The van der Waals surface area contributed by atoms with Gasteiger partial charge in [-0.2, -0.15) is 13.2 Å². The lowest BCUT2D eigenvalue weighted by Gasteiger charge is -2.40. The molecule has 6 nitrogen and oxygen atoms in total. The standard InChI is InChI=1S/C24H22ClF3N4O2/c1-15-3-8-19(25)20(11-15)34-22-12-21(29-14-30-22)31-9-10-32(16(2)13-31)23(33)17-4-6-18(7-5-17)24(26,27)28/h3-8,11-12,14,16H,9-10,13H2,1-2H3. The van der Waals surface area contributed by atoms with E-state index in [4.69, 9.17) is 16.3 Å². The fourth-order valence-corrected chi connectivity index (χ4v) is 3.95. The number of aryl methyl sites for hydroxylation is 1. The predicted molar refractivity (Wildman–Crippen MR) is 122 cm³/mol. The zero-order valence-corrected chi connectivity index (χ0v) is 19.3. The molecule has 34 heavy (non-hydrogen) atoms. The van der Waals surface area contributed by atoms with Crippen molar-refractivity contribution in [1.82, 2.24) is 14.9 Å². The minimum absolute atomic E-state index is 0.186. The largest absolute Gasteiger partial charge is 0.437 e. The number of ether oxygens (including phenoxy) is 1. The number of aromatic nitrogens is 2. The number of rotatable bonds is 4. The van der Waals surface area contributed by atoms with Gasteiger partial charge in [0.2, 0.25) is 5.88 Å². The average Bonchev–Trinajstić information content (AvgIpc) is 2.81. The van der Waals surface area contributed by atoms with Gasteiger partial charge in [0, 0.05) is 37.3 Å². The van der Waals surface area contributed by atoms with Crippen LogP contribution in [0.5, 0.6) is 11.6 Å². The molecule has 1 aliphatic rings. The van der Waals surface area contributed by atoms with E-state index in [-0.39, 0.29) is 17.5 Å². The Bertz CT molecular complexity index is 1190. The van der Waals surface area contributed by atoms with E-state index in [1.54, 1.807) is 17.0 Å². The molecule has 4 rings (SSSR count). The van der Waals surface area contributed by atoms with Crippen molar-refractivity contribution in [2.24, 2.45) is 0 Å². The monoisotopic (exact) mass is 490 g/mol. The summed E-state index contributed by atoms with van der Waals surface area (Å²) in [5.74, 6) is 1.17. The summed E-state index contributed by atoms with van der Waals surface area (Å²) in [5, 5.41) is 0.467. The minimum atomic E-state index is -4.44. The first-order valence-electron chi connectivity index (χ1n) is 10.6. The van der Waals surface area contributed by atoms with Gasteiger partial charge in [-0.15, -0.1) is 0 Å². The average molecular weight is 491 g/mol. The molecule has 0 N–H and O–H groups in total. The number of halogens is 4. The van der Waals surface area contributed by atoms with E-state index >= 15 is 0 Å². The van der Waals surface area contributed by atoms with Crippen molar-refractivity contribution in [3.63, 3.8) is 0 Å². The molecule has 1 saturated heterocycles. The predicted octanol–water partition coefficient (Wildman–Crippen LogP) is 5.60. The molecule has 2 aromatic carbocycles. The molecule has 178 valence electrons. The highest BCUT2D eigenvalue weighted by Gasteiger charge is 2.32. The molecule has 1 aliphatic heterocycles. The van der Waals surface area contributed by atoms with E-state index in [1.165, 1.54) is 18.5 Å². The first-order chi connectivity index (χ1) is 16.1. The van der Waals surface area contributed by atoms with Crippen molar-refractivity contribution in [2.75, 3.05) is 24.5 Å². The molecule has 0 aliphatic carbocycles. The van der Waals surface area contributed by atoms with E-state index in [1.807, 2.05) is 30.9 Å². The van der Waals surface area contributed by atoms with Crippen LogP contribution in [-0.2, 0) is 6.18 Å². The third-order valence-corrected chi connectivity index (χ3v) is 5.91. The summed E-state index contributed by atoms with van der Waals surface area (Å²) < 4.78 is 44.3. The van der Waals surface area contributed by atoms with Gasteiger partial charge in [0.15, 0.2) is 0 Å². The van der Waals surface area contributed by atoms with E-state index in [2.05, 4.69) is 9.97 Å². The van der Waals surface area contributed by atoms with Gasteiger partial charge >= 0.3 is 6.18 Å². The number of alkyl halides is 3. The Morgan fingerprint density at radius 3 is 2.50 bits per heavy atom. The number of benzene rings is 2. The second kappa shape index (κ2) is 9.50. The fourth-order valence-electron chi connectivity index (χ4n) is 3.80. The zero-order chi connectivity index (χ0) is 24.5. The van der Waals surface area contributed by atoms with Crippen molar-refractivity contribution in [3.05, 3.63) is 76.6 Å². The zero-order valence-electron chi connectivity index (χ0n) is 18.5. The number of hydrogen-bond donors (Lipinski definition) is 0. The molecule has 3 aromatic rings. The van der Waals surface area contributed by atoms with Crippen LogP contribution in [0, 0.1) is 6.92 Å². The normalized spacial score (nSPS) is 16.5. The van der Waals surface area contributed by atoms with E-state index in [9.17, 15) is 18.0 Å². The number of carbonyl (C=O) groups is 1. The Kier molecular flexibility index (Phi) is 6.65. The van der Waals surface area contributed by atoms with E-state index in [0.29, 0.717) is 42.1 Å². The molecule has 0 saturated carbocycles. The van der Waals surface area contributed by atoms with Crippen LogP contribution in [0.1, 0.15) is 28.4 Å². The van der Waals surface area contributed by atoms with Crippen LogP contribution in [-0.4, -0.2) is 46.5 Å². The molecule has 0 spiro atoms. The van der Waals surface area contributed by atoms with Crippen LogP contribution in [0.15, 0.2) is 54.9 Å². The van der Waals surface area contributed by atoms with Gasteiger partial charge in [-0.25, -0.2) is 9.97 Å². The smallest absolute Gasteiger partial charge is 0.416 e.